The summed E-state index contributed by atoms with van der Waals surface area (Å²) in [6, 6.07) is 7.93. The van der Waals surface area contributed by atoms with Crippen molar-refractivity contribution in [2.45, 2.75) is 31.2 Å². The van der Waals surface area contributed by atoms with Gasteiger partial charge in [-0.05, 0) is 36.2 Å². The highest BCUT2D eigenvalue weighted by atomic mass is 32.2. The first-order chi connectivity index (χ1) is 15.1. The van der Waals surface area contributed by atoms with Crippen molar-refractivity contribution in [1.82, 2.24) is 4.72 Å². The van der Waals surface area contributed by atoms with E-state index < -0.39 is 34.0 Å². The molecule has 10 heteroatoms. The Hall–Kier alpha value is -3.55. The molecule has 3 aromatic rings. The molecule has 0 spiro atoms. The van der Waals surface area contributed by atoms with E-state index in [4.69, 9.17) is 15.6 Å². The summed E-state index contributed by atoms with van der Waals surface area (Å²) >= 11 is 0. The SMILES string of the molecule is C#CCCOC(=O)Nc1ccc2oc3cc(S(=O)(=O)N[C@H](C(=O)O)C(C)C)ccc3c2c1. The van der Waals surface area contributed by atoms with Crippen LogP contribution in [0.1, 0.15) is 20.3 Å². The summed E-state index contributed by atoms with van der Waals surface area (Å²) in [5, 5.41) is 13.2. The highest BCUT2D eigenvalue weighted by molar-refractivity contribution is 7.89. The highest BCUT2D eigenvalue weighted by Crippen LogP contribution is 2.32. The van der Waals surface area contributed by atoms with Crippen LogP contribution in [0.15, 0.2) is 45.7 Å². The van der Waals surface area contributed by atoms with Gasteiger partial charge in [0.1, 0.15) is 23.8 Å². The third-order valence-corrected chi connectivity index (χ3v) is 6.13. The first-order valence-electron chi connectivity index (χ1n) is 9.71. The number of benzene rings is 2. The molecule has 32 heavy (non-hydrogen) atoms. The van der Waals surface area contributed by atoms with Crippen LogP contribution in [0, 0.1) is 18.3 Å². The number of anilines is 1. The number of hydrogen-bond donors (Lipinski definition) is 3. The largest absolute Gasteiger partial charge is 0.480 e. The van der Waals surface area contributed by atoms with Gasteiger partial charge in [0.2, 0.25) is 10.0 Å². The first kappa shape index (κ1) is 23.1. The number of carbonyl (C=O) groups is 2. The molecule has 3 rings (SSSR count). The fourth-order valence-electron chi connectivity index (χ4n) is 3.07. The normalized spacial score (nSPS) is 12.6. The van der Waals surface area contributed by atoms with Gasteiger partial charge in [-0.1, -0.05) is 13.8 Å². The topological polar surface area (TPSA) is 135 Å². The lowest BCUT2D eigenvalue weighted by molar-refractivity contribution is -0.140. The summed E-state index contributed by atoms with van der Waals surface area (Å²) in [5.74, 6) is 0.669. The van der Waals surface area contributed by atoms with Crippen molar-refractivity contribution < 1.29 is 32.3 Å². The highest BCUT2D eigenvalue weighted by Gasteiger charge is 2.28. The second-order valence-corrected chi connectivity index (χ2v) is 9.08. The number of rotatable bonds is 8. The van der Waals surface area contributed by atoms with E-state index in [1.54, 1.807) is 38.1 Å². The fourth-order valence-corrected chi connectivity index (χ4v) is 4.42. The predicted octanol–water partition coefficient (Wildman–Crippen LogP) is 3.55. The standard InChI is InChI=1S/C22H22N2O7S/c1-4-5-10-30-22(27)23-14-6-9-18-17(11-14)16-8-7-15(12-19(16)31-18)32(28,29)24-20(13(2)3)21(25)26/h1,6-9,11-13,20,24H,5,10H2,2-3H3,(H,23,27)(H,25,26)/t20-/m0/s1. The lowest BCUT2D eigenvalue weighted by atomic mass is 10.1. The summed E-state index contributed by atoms with van der Waals surface area (Å²) in [4.78, 5) is 23.1. The van der Waals surface area contributed by atoms with Crippen molar-refractivity contribution in [2.75, 3.05) is 11.9 Å². The number of furan rings is 1. The fraction of sp³-hybridized carbons (Fsp3) is 0.273. The minimum atomic E-state index is -4.09. The van der Waals surface area contributed by atoms with E-state index in [1.807, 2.05) is 0 Å². The molecule has 0 bridgehead atoms. The van der Waals surface area contributed by atoms with Crippen LogP contribution in [-0.4, -0.2) is 38.2 Å². The average Bonchev–Trinajstić information content (AvgIpc) is 3.09. The third kappa shape index (κ3) is 5.01. The number of nitrogens with one attached hydrogen (secondary N) is 2. The number of carbonyl (C=O) groups excluding carboxylic acids is 1. The molecule has 0 aliphatic carbocycles. The summed E-state index contributed by atoms with van der Waals surface area (Å²) in [5.41, 5.74) is 1.25. The van der Waals surface area contributed by atoms with Crippen LogP contribution < -0.4 is 10.0 Å². The van der Waals surface area contributed by atoms with Gasteiger partial charge in [0.15, 0.2) is 0 Å². The molecular formula is C22H22N2O7S. The van der Waals surface area contributed by atoms with Crippen molar-refractivity contribution in [3.05, 3.63) is 36.4 Å². The predicted molar refractivity (Wildman–Crippen MR) is 119 cm³/mol. The number of hydrogen-bond acceptors (Lipinski definition) is 6. The zero-order valence-corrected chi connectivity index (χ0v) is 18.2. The first-order valence-corrected chi connectivity index (χ1v) is 11.2. The Labute approximate surface area is 184 Å². The maximum atomic E-state index is 12.7. The van der Waals surface area contributed by atoms with Gasteiger partial charge in [-0.25, -0.2) is 13.2 Å². The second-order valence-electron chi connectivity index (χ2n) is 7.37. The zero-order chi connectivity index (χ0) is 23.5. The van der Waals surface area contributed by atoms with E-state index in [2.05, 4.69) is 16.0 Å². The number of aliphatic carboxylic acids is 1. The van der Waals surface area contributed by atoms with Crippen LogP contribution >= 0.6 is 0 Å². The molecule has 0 aliphatic heterocycles. The quantitative estimate of drug-likeness (QED) is 0.347. The van der Waals surface area contributed by atoms with E-state index in [0.717, 1.165) is 0 Å². The van der Waals surface area contributed by atoms with Gasteiger partial charge in [-0.15, -0.1) is 12.3 Å². The molecular weight excluding hydrogens is 436 g/mol. The molecule has 1 atom stereocenters. The molecule has 1 amide bonds. The maximum absolute atomic E-state index is 12.7. The molecule has 0 saturated heterocycles. The number of sulfonamides is 1. The Morgan fingerprint density at radius 2 is 1.91 bits per heavy atom. The molecule has 3 N–H and O–H groups in total. The molecule has 9 nitrogen and oxygen atoms in total. The number of carboxylic acids is 1. The van der Waals surface area contributed by atoms with Gasteiger partial charge in [0, 0.05) is 28.9 Å². The molecule has 0 saturated carbocycles. The van der Waals surface area contributed by atoms with Crippen molar-refractivity contribution >= 4 is 49.7 Å². The minimum absolute atomic E-state index is 0.101. The second kappa shape index (κ2) is 9.30. The van der Waals surface area contributed by atoms with E-state index >= 15 is 0 Å². The maximum Gasteiger partial charge on any atom is 0.411 e. The smallest absolute Gasteiger partial charge is 0.411 e. The van der Waals surface area contributed by atoms with E-state index in [9.17, 15) is 23.1 Å². The van der Waals surface area contributed by atoms with Crippen LogP contribution in [0.25, 0.3) is 21.9 Å². The Bertz CT molecular complexity index is 1320. The molecule has 0 aliphatic rings. The minimum Gasteiger partial charge on any atom is -0.480 e. The van der Waals surface area contributed by atoms with Crippen LogP contribution in [0.3, 0.4) is 0 Å². The van der Waals surface area contributed by atoms with Gasteiger partial charge in [0.05, 0.1) is 4.90 Å². The number of amides is 1. The molecule has 2 aromatic carbocycles. The Morgan fingerprint density at radius 1 is 1.16 bits per heavy atom. The van der Waals surface area contributed by atoms with Crippen molar-refractivity contribution in [3.63, 3.8) is 0 Å². The third-order valence-electron chi connectivity index (χ3n) is 4.69. The van der Waals surface area contributed by atoms with Gasteiger partial charge >= 0.3 is 12.1 Å². The van der Waals surface area contributed by atoms with Crippen LogP contribution in [0.4, 0.5) is 10.5 Å². The Kier molecular flexibility index (Phi) is 6.72. The summed E-state index contributed by atoms with van der Waals surface area (Å²) in [6.07, 6.45) is 4.78. The van der Waals surface area contributed by atoms with Gasteiger partial charge < -0.3 is 14.3 Å². The van der Waals surface area contributed by atoms with Crippen LogP contribution in [0.2, 0.25) is 0 Å². The van der Waals surface area contributed by atoms with Crippen molar-refractivity contribution in [3.8, 4) is 12.3 Å². The van der Waals surface area contributed by atoms with Crippen LogP contribution in [0.5, 0.6) is 0 Å². The molecule has 0 fully saturated rings. The summed E-state index contributed by atoms with van der Waals surface area (Å²) in [7, 11) is -4.09. The number of fused-ring (bicyclic) bond motifs is 3. The molecule has 168 valence electrons. The summed E-state index contributed by atoms with van der Waals surface area (Å²) < 4.78 is 38.3. The lowest BCUT2D eigenvalue weighted by Gasteiger charge is -2.17. The van der Waals surface area contributed by atoms with Gasteiger partial charge in [-0.3, -0.25) is 10.1 Å². The van der Waals surface area contributed by atoms with Gasteiger partial charge in [-0.2, -0.15) is 4.72 Å². The average molecular weight is 458 g/mol. The number of carboxylic acid groups (broad SMARTS) is 1. The van der Waals surface area contributed by atoms with Crippen LogP contribution in [-0.2, 0) is 19.6 Å². The molecule has 1 aromatic heterocycles. The van der Waals surface area contributed by atoms with E-state index in [-0.39, 0.29) is 11.5 Å². The Balaban J connectivity index is 1.89. The summed E-state index contributed by atoms with van der Waals surface area (Å²) in [6.45, 7) is 3.32. The van der Waals surface area contributed by atoms with Gasteiger partial charge in [0.25, 0.3) is 0 Å². The molecule has 1 heterocycles. The lowest BCUT2D eigenvalue weighted by Crippen LogP contribution is -2.44. The molecule has 0 radical (unpaired) electrons. The molecule has 0 unspecified atom stereocenters. The number of ether oxygens (including phenoxy) is 1. The monoisotopic (exact) mass is 458 g/mol. The van der Waals surface area contributed by atoms with E-state index in [1.165, 1.54) is 12.1 Å². The van der Waals surface area contributed by atoms with Crippen molar-refractivity contribution in [2.24, 2.45) is 5.92 Å². The number of terminal acetylenes is 1. The van der Waals surface area contributed by atoms with E-state index in [0.29, 0.717) is 34.0 Å². The van der Waals surface area contributed by atoms with Crippen molar-refractivity contribution in [1.29, 1.82) is 0 Å². The Morgan fingerprint density at radius 3 is 2.56 bits per heavy atom. The zero-order valence-electron chi connectivity index (χ0n) is 17.4.